The van der Waals surface area contributed by atoms with E-state index in [1.54, 1.807) is 30.3 Å². The summed E-state index contributed by atoms with van der Waals surface area (Å²) in [6, 6.07) is 10.9. The number of carbonyl (C=O) groups excluding carboxylic acids is 1. The summed E-state index contributed by atoms with van der Waals surface area (Å²) in [6.45, 7) is 0.781. The van der Waals surface area contributed by atoms with Gasteiger partial charge in [0.1, 0.15) is 23.3 Å². The maximum absolute atomic E-state index is 13.3. The Morgan fingerprint density at radius 2 is 2.10 bits per heavy atom. The third kappa shape index (κ3) is 4.33. The smallest absolute Gasteiger partial charge is 0.240 e. The van der Waals surface area contributed by atoms with Crippen LogP contribution >= 0.6 is 11.6 Å². The molecule has 1 aliphatic rings. The molecular formula is C22H18ClFN2O3. The van der Waals surface area contributed by atoms with Crippen LogP contribution in [0.4, 0.5) is 4.39 Å². The first kappa shape index (κ1) is 19.6. The van der Waals surface area contributed by atoms with Gasteiger partial charge in [-0.15, -0.1) is 0 Å². The first-order chi connectivity index (χ1) is 14.1. The van der Waals surface area contributed by atoms with Gasteiger partial charge in [0.2, 0.25) is 5.78 Å². The topological polar surface area (TPSA) is 52.8 Å². The largest absolute Gasteiger partial charge is 0.353 e. The molecule has 1 aromatic carbocycles. The summed E-state index contributed by atoms with van der Waals surface area (Å²) in [6.07, 6.45) is 2.66. The van der Waals surface area contributed by atoms with Crippen LogP contribution in [0.5, 0.6) is 0 Å². The summed E-state index contributed by atoms with van der Waals surface area (Å²) >= 11 is 6.23. The zero-order chi connectivity index (χ0) is 20.2. The summed E-state index contributed by atoms with van der Waals surface area (Å²) in [5.74, 6) is 4.60. The van der Waals surface area contributed by atoms with E-state index in [9.17, 15) is 9.18 Å². The normalized spacial score (nSPS) is 16.4. The van der Waals surface area contributed by atoms with Crippen molar-refractivity contribution in [1.29, 1.82) is 0 Å². The molecule has 4 rings (SSSR count). The van der Waals surface area contributed by atoms with Crippen molar-refractivity contribution < 1.29 is 18.7 Å². The first-order valence-corrected chi connectivity index (χ1v) is 9.71. The summed E-state index contributed by atoms with van der Waals surface area (Å²) in [5, 5.41) is 4.81. The van der Waals surface area contributed by atoms with Gasteiger partial charge in [0.15, 0.2) is 6.29 Å². The first-order valence-electron chi connectivity index (χ1n) is 9.33. The highest BCUT2D eigenvalue weighted by molar-refractivity contribution is 6.30. The van der Waals surface area contributed by atoms with Gasteiger partial charge in [-0.2, -0.15) is 5.10 Å². The summed E-state index contributed by atoms with van der Waals surface area (Å²) in [7, 11) is 0. The second-order valence-electron chi connectivity index (χ2n) is 6.61. The molecule has 5 nitrogen and oxygen atoms in total. The quantitative estimate of drug-likeness (QED) is 0.273. The van der Waals surface area contributed by atoms with Crippen LogP contribution in [0.25, 0.3) is 16.8 Å². The molecule has 0 bridgehead atoms. The zero-order valence-corrected chi connectivity index (χ0v) is 16.3. The van der Waals surface area contributed by atoms with Gasteiger partial charge in [-0.3, -0.25) is 4.79 Å². The Hall–Kier alpha value is -2.72. The van der Waals surface area contributed by atoms with Crippen LogP contribution in [0.1, 0.15) is 29.6 Å². The van der Waals surface area contributed by atoms with Crippen LogP contribution < -0.4 is 0 Å². The highest BCUT2D eigenvalue weighted by atomic mass is 35.5. The van der Waals surface area contributed by atoms with E-state index < -0.39 is 5.78 Å². The van der Waals surface area contributed by atoms with E-state index in [-0.39, 0.29) is 18.7 Å². The van der Waals surface area contributed by atoms with Gasteiger partial charge in [-0.1, -0.05) is 23.6 Å². The summed E-state index contributed by atoms with van der Waals surface area (Å²) < 4.78 is 25.8. The van der Waals surface area contributed by atoms with Crippen LogP contribution in [0, 0.1) is 17.7 Å². The Bertz CT molecular complexity index is 1090. The van der Waals surface area contributed by atoms with Crippen molar-refractivity contribution in [2.24, 2.45) is 0 Å². The molecule has 1 unspecified atom stereocenters. The van der Waals surface area contributed by atoms with Crippen LogP contribution in [0.3, 0.4) is 0 Å². The standard InChI is InChI=1S/C22H18ClFN2O3/c23-19-7-3-5-17-21(18(27)6-4-14-29-20-8-1-2-13-28-20)22(25-26(17)19)15-9-11-16(24)12-10-15/h3,5,7,9-12,20H,1-2,8,13-14H2. The lowest BCUT2D eigenvalue weighted by atomic mass is 10.0. The molecule has 1 aliphatic heterocycles. The Balaban J connectivity index is 1.64. The van der Waals surface area contributed by atoms with Crippen molar-refractivity contribution >= 4 is 22.9 Å². The Labute approximate surface area is 172 Å². The number of carbonyl (C=O) groups is 1. The maximum Gasteiger partial charge on any atom is 0.240 e. The van der Waals surface area contributed by atoms with Gasteiger partial charge in [0.05, 0.1) is 11.1 Å². The molecule has 3 aromatic rings. The van der Waals surface area contributed by atoms with Crippen LogP contribution in [0.2, 0.25) is 5.15 Å². The minimum atomic E-state index is -0.408. The Morgan fingerprint density at radius 3 is 2.86 bits per heavy atom. The number of rotatable bonds is 4. The molecule has 1 fully saturated rings. The molecule has 0 amide bonds. The lowest BCUT2D eigenvalue weighted by molar-refractivity contribution is -0.154. The second kappa shape index (κ2) is 8.75. The third-order valence-electron chi connectivity index (χ3n) is 4.64. The van der Waals surface area contributed by atoms with Gasteiger partial charge in [0.25, 0.3) is 0 Å². The summed E-state index contributed by atoms with van der Waals surface area (Å²) in [5.41, 5.74) is 1.85. The molecule has 29 heavy (non-hydrogen) atoms. The van der Waals surface area contributed by atoms with Crippen molar-refractivity contribution in [3.05, 3.63) is 59.0 Å². The molecule has 1 saturated heterocycles. The van der Waals surface area contributed by atoms with Gasteiger partial charge in [-0.25, -0.2) is 8.91 Å². The molecule has 0 N–H and O–H groups in total. The SMILES string of the molecule is O=C(C#CCOC1CCCCO1)c1c(-c2ccc(F)cc2)nn2c(Cl)cccc12. The number of fused-ring (bicyclic) bond motifs is 1. The highest BCUT2D eigenvalue weighted by Gasteiger charge is 2.21. The third-order valence-corrected chi connectivity index (χ3v) is 4.92. The lowest BCUT2D eigenvalue weighted by Gasteiger charge is -2.21. The van der Waals surface area contributed by atoms with Gasteiger partial charge in [-0.05, 0) is 61.6 Å². The molecule has 0 aliphatic carbocycles. The number of ether oxygens (including phenoxy) is 2. The number of benzene rings is 1. The molecule has 0 spiro atoms. The molecule has 0 radical (unpaired) electrons. The molecule has 148 valence electrons. The van der Waals surface area contributed by atoms with Crippen molar-refractivity contribution in [2.75, 3.05) is 13.2 Å². The Kier molecular flexibility index (Phi) is 5.91. The minimum absolute atomic E-state index is 0.0995. The Morgan fingerprint density at radius 1 is 1.28 bits per heavy atom. The number of aromatic nitrogens is 2. The zero-order valence-electron chi connectivity index (χ0n) is 15.5. The minimum Gasteiger partial charge on any atom is -0.353 e. The monoisotopic (exact) mass is 412 g/mol. The molecule has 2 aromatic heterocycles. The number of hydrogen-bond donors (Lipinski definition) is 0. The van der Waals surface area contributed by atoms with E-state index in [1.807, 2.05) is 0 Å². The fraction of sp³-hybridized carbons (Fsp3) is 0.273. The van der Waals surface area contributed by atoms with Gasteiger partial charge >= 0.3 is 0 Å². The molecule has 0 saturated carbocycles. The van der Waals surface area contributed by atoms with Crippen molar-refractivity contribution in [3.63, 3.8) is 0 Å². The van der Waals surface area contributed by atoms with Gasteiger partial charge < -0.3 is 9.47 Å². The molecule has 1 atom stereocenters. The van der Waals surface area contributed by atoms with Crippen molar-refractivity contribution in [2.45, 2.75) is 25.6 Å². The van der Waals surface area contributed by atoms with E-state index in [1.165, 1.54) is 16.6 Å². The number of Topliss-reactive ketones (excluding diaryl/α,β-unsaturated/α-hetero) is 1. The van der Waals surface area contributed by atoms with Crippen LogP contribution in [-0.4, -0.2) is 34.9 Å². The average Bonchev–Trinajstić information content (AvgIpc) is 3.13. The molecule has 7 heteroatoms. The predicted molar refractivity (Wildman–Crippen MR) is 107 cm³/mol. The predicted octanol–water partition coefficient (Wildman–Crippen LogP) is 4.52. The fourth-order valence-electron chi connectivity index (χ4n) is 3.23. The number of nitrogens with zero attached hydrogens (tertiary/aromatic N) is 2. The van der Waals surface area contributed by atoms with E-state index in [4.69, 9.17) is 21.1 Å². The van der Waals surface area contributed by atoms with Crippen LogP contribution in [-0.2, 0) is 9.47 Å². The lowest BCUT2D eigenvalue weighted by Crippen LogP contribution is -2.22. The number of hydrogen-bond acceptors (Lipinski definition) is 4. The van der Waals surface area contributed by atoms with E-state index in [0.29, 0.717) is 34.1 Å². The highest BCUT2D eigenvalue weighted by Crippen LogP contribution is 2.28. The molecular weight excluding hydrogens is 395 g/mol. The number of halogens is 2. The number of pyridine rings is 1. The fourth-order valence-corrected chi connectivity index (χ4v) is 3.43. The van der Waals surface area contributed by atoms with E-state index in [2.05, 4.69) is 16.9 Å². The molecule has 3 heterocycles. The van der Waals surface area contributed by atoms with Crippen molar-refractivity contribution in [1.82, 2.24) is 9.61 Å². The van der Waals surface area contributed by atoms with Crippen LogP contribution in [0.15, 0.2) is 42.5 Å². The number of ketones is 1. The average molecular weight is 413 g/mol. The second-order valence-corrected chi connectivity index (χ2v) is 7.00. The maximum atomic E-state index is 13.3. The van der Waals surface area contributed by atoms with Gasteiger partial charge in [0, 0.05) is 12.2 Å². The van der Waals surface area contributed by atoms with E-state index >= 15 is 0 Å². The summed E-state index contributed by atoms with van der Waals surface area (Å²) in [4.78, 5) is 12.9. The van der Waals surface area contributed by atoms with E-state index in [0.717, 1.165) is 19.3 Å². The van der Waals surface area contributed by atoms with Crippen molar-refractivity contribution in [3.8, 4) is 23.1 Å².